The summed E-state index contributed by atoms with van der Waals surface area (Å²) in [6, 6.07) is 6.00. The van der Waals surface area contributed by atoms with E-state index in [1.54, 1.807) is 0 Å². The van der Waals surface area contributed by atoms with Crippen molar-refractivity contribution in [3.63, 3.8) is 0 Å². The van der Waals surface area contributed by atoms with Crippen molar-refractivity contribution < 1.29 is 112 Å². The van der Waals surface area contributed by atoms with Crippen LogP contribution in [0.5, 0.6) is 0 Å². The van der Waals surface area contributed by atoms with Crippen molar-refractivity contribution in [2.24, 2.45) is 0 Å². The summed E-state index contributed by atoms with van der Waals surface area (Å²) in [7, 11) is -11.4. The van der Waals surface area contributed by atoms with Crippen LogP contribution in [0.25, 0.3) is 10.8 Å². The fourth-order valence-corrected chi connectivity index (χ4v) is 4.73. The van der Waals surface area contributed by atoms with E-state index in [9.17, 15) is 56.5 Å². The first-order valence-electron chi connectivity index (χ1n) is 7.65. The molecule has 0 aromatic heterocycles. The van der Waals surface area contributed by atoms with Crippen LogP contribution in [0.3, 0.4) is 0 Å². The number of fused-ring (bicyclic) bond motifs is 1. The van der Waals surface area contributed by atoms with Crippen molar-refractivity contribution in [3.8, 4) is 0 Å². The average molecular weight is 540 g/mol. The zero-order chi connectivity index (χ0) is 24.0. The molecule has 0 aliphatic heterocycles. The molecule has 0 heterocycles. The molecule has 0 bridgehead atoms. The number of benzene rings is 2. The molecule has 0 atom stereocenters. The van der Waals surface area contributed by atoms with Gasteiger partial charge in [0.05, 0.1) is 4.90 Å². The van der Waals surface area contributed by atoms with Gasteiger partial charge < -0.3 is 4.55 Å². The average Bonchev–Trinajstić information content (AvgIpc) is 2.64. The number of rotatable bonds is 8. The van der Waals surface area contributed by atoms with Gasteiger partial charge in [0.15, 0.2) is 0 Å². The van der Waals surface area contributed by atoms with Gasteiger partial charge in [-0.1, -0.05) is 30.3 Å². The van der Waals surface area contributed by atoms with Gasteiger partial charge >= 0.3 is 75.6 Å². The molecule has 0 amide bonds. The zero-order valence-electron chi connectivity index (χ0n) is 15.5. The van der Waals surface area contributed by atoms with Crippen LogP contribution in [0.1, 0.15) is 0 Å². The van der Waals surface area contributed by atoms with E-state index in [-0.39, 0.29) is 56.8 Å². The Labute approximate surface area is 218 Å². The summed E-state index contributed by atoms with van der Waals surface area (Å²) in [6.45, 7) is -3.06. The fourth-order valence-electron chi connectivity index (χ4n) is 2.36. The van der Waals surface area contributed by atoms with Crippen LogP contribution in [0.4, 0.5) is 35.1 Å². The summed E-state index contributed by atoms with van der Waals surface area (Å²) in [5, 5.41) is -0.620. The summed E-state index contributed by atoms with van der Waals surface area (Å²) < 4.78 is 166. The second kappa shape index (κ2) is 9.69. The minimum Gasteiger partial charge on any atom is -0.744 e. The Hall–Kier alpha value is -0.404. The Morgan fingerprint density at radius 1 is 0.906 bits per heavy atom. The molecule has 0 saturated carbocycles. The van der Waals surface area contributed by atoms with Crippen molar-refractivity contribution in [1.29, 1.82) is 0 Å². The molecule has 2 aromatic rings. The maximum absolute atomic E-state index is 13.6. The third-order valence-electron chi connectivity index (χ3n) is 3.91. The van der Waals surface area contributed by atoms with Crippen molar-refractivity contribution in [2.75, 3.05) is 6.61 Å². The molecule has 0 saturated heterocycles. The zero-order valence-corrected chi connectivity index (χ0v) is 20.3. The molecule has 174 valence electrons. The van der Waals surface area contributed by atoms with Crippen molar-refractivity contribution in [1.82, 2.24) is 0 Å². The Kier molecular flexibility index (Phi) is 8.97. The van der Waals surface area contributed by atoms with Gasteiger partial charge in [-0.2, -0.15) is 34.8 Å². The molecule has 0 unspecified atom stereocenters. The van der Waals surface area contributed by atoms with Gasteiger partial charge in [0, 0.05) is 5.39 Å². The van der Waals surface area contributed by atoms with Gasteiger partial charge in [-0.05, 0) is 11.5 Å². The number of hydrogen-bond donors (Lipinski definition) is 0. The number of halogens is 8. The molecule has 17 heteroatoms. The summed E-state index contributed by atoms with van der Waals surface area (Å²) in [4.78, 5) is -3.01. The first-order chi connectivity index (χ1) is 13.9. The Balaban J connectivity index is 0.00000512. The predicted octanol–water partition coefficient (Wildman–Crippen LogP) is 0.624. The standard InChI is InChI=1S/C15H10F8O6S2.K/c16-12(17)14(20,21)15(22,23)13(18,19)7-29-31(27,28)11-9-4-2-1-3-8(9)5-6-10(11)30(24,25)26;/h1-6,12H,7H2,(H,24,25,26);/q;+1/p-1. The number of alkyl halides is 8. The molecular weight excluding hydrogens is 531 g/mol. The van der Waals surface area contributed by atoms with E-state index in [1.165, 1.54) is 12.1 Å². The molecule has 0 radical (unpaired) electrons. The van der Waals surface area contributed by atoms with Crippen LogP contribution in [0, 0.1) is 0 Å². The van der Waals surface area contributed by atoms with Gasteiger partial charge in [0.25, 0.3) is 10.1 Å². The second-order valence-electron chi connectivity index (χ2n) is 5.99. The van der Waals surface area contributed by atoms with Crippen LogP contribution in [-0.2, 0) is 24.4 Å². The molecular formula is C15H9F8KO6S2. The molecule has 6 nitrogen and oxygen atoms in total. The molecule has 0 N–H and O–H groups in total. The van der Waals surface area contributed by atoms with E-state index in [2.05, 4.69) is 4.18 Å². The normalized spacial score (nSPS) is 13.9. The largest absolute Gasteiger partial charge is 1.00 e. The summed E-state index contributed by atoms with van der Waals surface area (Å²) in [6.07, 6.45) is -5.24. The van der Waals surface area contributed by atoms with E-state index in [4.69, 9.17) is 0 Å². The Bertz CT molecular complexity index is 1200. The first kappa shape index (κ1) is 29.6. The molecule has 0 spiro atoms. The third-order valence-corrected chi connectivity index (χ3v) is 6.29. The molecule has 2 rings (SSSR count). The summed E-state index contributed by atoms with van der Waals surface area (Å²) in [5.74, 6) is -19.5. The van der Waals surface area contributed by atoms with Gasteiger partial charge in [0.1, 0.15) is 21.6 Å². The smallest absolute Gasteiger partial charge is 0.744 e. The minimum absolute atomic E-state index is 0. The SMILES string of the molecule is O=S(=O)([O-])c1ccc2ccccc2c1S(=O)(=O)OCC(F)(F)C(F)(F)C(F)(F)C(F)F.[K+]. The Morgan fingerprint density at radius 3 is 1.94 bits per heavy atom. The molecule has 32 heavy (non-hydrogen) atoms. The maximum atomic E-state index is 13.6. The van der Waals surface area contributed by atoms with E-state index in [0.29, 0.717) is 6.07 Å². The minimum atomic E-state index is -6.75. The number of hydrogen-bond acceptors (Lipinski definition) is 6. The van der Waals surface area contributed by atoms with Crippen LogP contribution < -0.4 is 51.4 Å². The second-order valence-corrected chi connectivity index (χ2v) is 8.89. The van der Waals surface area contributed by atoms with E-state index in [1.807, 2.05) is 0 Å². The van der Waals surface area contributed by atoms with Gasteiger partial charge in [-0.3, -0.25) is 4.18 Å². The van der Waals surface area contributed by atoms with E-state index < -0.39 is 66.2 Å². The monoisotopic (exact) mass is 540 g/mol. The van der Waals surface area contributed by atoms with Crippen LogP contribution >= 0.6 is 0 Å². The maximum Gasteiger partial charge on any atom is 1.00 e. The summed E-state index contributed by atoms with van der Waals surface area (Å²) >= 11 is 0. The van der Waals surface area contributed by atoms with Gasteiger partial charge in [-0.15, -0.1) is 0 Å². The van der Waals surface area contributed by atoms with Gasteiger partial charge in [0.2, 0.25) is 0 Å². The van der Waals surface area contributed by atoms with Crippen molar-refractivity contribution in [3.05, 3.63) is 36.4 Å². The van der Waals surface area contributed by atoms with Gasteiger partial charge in [-0.25, -0.2) is 17.2 Å². The summed E-state index contributed by atoms with van der Waals surface area (Å²) in [5.41, 5.74) is 0. The van der Waals surface area contributed by atoms with E-state index >= 15 is 0 Å². The van der Waals surface area contributed by atoms with E-state index in [0.717, 1.165) is 18.2 Å². The molecule has 2 aromatic carbocycles. The molecule has 0 fully saturated rings. The Morgan fingerprint density at radius 2 is 1.44 bits per heavy atom. The molecule has 0 aliphatic carbocycles. The third kappa shape index (κ3) is 5.46. The van der Waals surface area contributed by atoms with Crippen LogP contribution in [0.2, 0.25) is 0 Å². The van der Waals surface area contributed by atoms with Crippen molar-refractivity contribution in [2.45, 2.75) is 34.0 Å². The van der Waals surface area contributed by atoms with Crippen molar-refractivity contribution >= 4 is 31.0 Å². The van der Waals surface area contributed by atoms with Crippen LogP contribution in [0.15, 0.2) is 46.2 Å². The molecule has 0 aliphatic rings. The predicted molar refractivity (Wildman–Crippen MR) is 85.9 cm³/mol. The quantitative estimate of drug-likeness (QED) is 0.211. The fraction of sp³-hybridized carbons (Fsp3) is 0.333. The first-order valence-corrected chi connectivity index (χ1v) is 10.5. The topological polar surface area (TPSA) is 101 Å². The van der Waals surface area contributed by atoms with Crippen LogP contribution in [-0.4, -0.2) is 52.2 Å².